The average molecular weight is 298 g/mol. The Balaban J connectivity index is 1.81. The molecule has 0 bridgehead atoms. The Morgan fingerprint density at radius 1 is 1.00 bits per heavy atom. The molecular weight excluding hydrogens is 286 g/mol. The first-order valence-corrected chi connectivity index (χ1v) is 6.64. The number of aromatic nitrogens is 3. The van der Waals surface area contributed by atoms with E-state index in [-0.39, 0.29) is 0 Å². The molecule has 0 aliphatic heterocycles. The minimum Gasteiger partial charge on any atom is -0.397 e. The van der Waals surface area contributed by atoms with E-state index >= 15 is 0 Å². The first-order valence-electron chi connectivity index (χ1n) is 6.26. The van der Waals surface area contributed by atoms with Crippen molar-refractivity contribution in [3.63, 3.8) is 0 Å². The highest BCUT2D eigenvalue weighted by atomic mass is 35.5. The van der Waals surface area contributed by atoms with Crippen LogP contribution in [0.5, 0.6) is 0 Å². The van der Waals surface area contributed by atoms with Crippen LogP contribution in [0.4, 0.5) is 17.2 Å². The third kappa shape index (κ3) is 3.27. The van der Waals surface area contributed by atoms with E-state index in [1.54, 1.807) is 30.9 Å². The lowest BCUT2D eigenvalue weighted by Gasteiger charge is -2.06. The predicted octanol–water partition coefficient (Wildman–Crippen LogP) is 3.52. The second-order valence-electron chi connectivity index (χ2n) is 4.43. The maximum atomic E-state index is 5.94. The van der Waals surface area contributed by atoms with E-state index in [1.165, 1.54) is 0 Å². The van der Waals surface area contributed by atoms with Gasteiger partial charge in [-0.05, 0) is 24.3 Å². The molecule has 2 aromatic heterocycles. The third-order valence-corrected chi connectivity index (χ3v) is 3.04. The summed E-state index contributed by atoms with van der Waals surface area (Å²) in [5.74, 6) is 0.637. The Kier molecular flexibility index (Phi) is 3.66. The van der Waals surface area contributed by atoms with Gasteiger partial charge in [0.15, 0.2) is 0 Å². The summed E-state index contributed by atoms with van der Waals surface area (Å²) in [6, 6.07) is 9.21. The van der Waals surface area contributed by atoms with Gasteiger partial charge in [0.1, 0.15) is 5.82 Å². The van der Waals surface area contributed by atoms with Crippen LogP contribution < -0.4 is 11.1 Å². The first kappa shape index (κ1) is 13.3. The van der Waals surface area contributed by atoms with E-state index in [4.69, 9.17) is 17.3 Å². The number of nitrogens with one attached hydrogen (secondary N) is 1. The lowest BCUT2D eigenvalue weighted by Crippen LogP contribution is -1.96. The first-order chi connectivity index (χ1) is 10.2. The molecular formula is C15H12ClN5. The summed E-state index contributed by atoms with van der Waals surface area (Å²) in [6.07, 6.45) is 6.61. The van der Waals surface area contributed by atoms with Gasteiger partial charge in [-0.1, -0.05) is 17.7 Å². The topological polar surface area (TPSA) is 76.7 Å². The van der Waals surface area contributed by atoms with Crippen molar-refractivity contribution >= 4 is 28.8 Å². The average Bonchev–Trinajstić information content (AvgIpc) is 2.48. The largest absolute Gasteiger partial charge is 0.397 e. The van der Waals surface area contributed by atoms with Gasteiger partial charge in [-0.2, -0.15) is 0 Å². The number of pyridine rings is 1. The standard InChI is InChI=1S/C15H12ClN5/c16-11-2-1-3-13(5-11)21-15-9-19-14(8-20-15)10-4-12(17)7-18-6-10/h1-9H,17H2,(H,20,21). The number of hydrogen-bond donors (Lipinski definition) is 2. The molecule has 0 amide bonds. The molecule has 0 saturated heterocycles. The zero-order valence-corrected chi connectivity index (χ0v) is 11.7. The van der Waals surface area contributed by atoms with Crippen LogP contribution in [-0.2, 0) is 0 Å². The molecule has 6 heteroatoms. The highest BCUT2D eigenvalue weighted by molar-refractivity contribution is 6.30. The fourth-order valence-corrected chi connectivity index (χ4v) is 2.04. The highest BCUT2D eigenvalue weighted by Crippen LogP contribution is 2.21. The maximum absolute atomic E-state index is 5.94. The number of halogens is 1. The summed E-state index contributed by atoms with van der Waals surface area (Å²) >= 11 is 5.94. The van der Waals surface area contributed by atoms with Gasteiger partial charge >= 0.3 is 0 Å². The zero-order valence-electron chi connectivity index (χ0n) is 11.0. The second kappa shape index (κ2) is 5.76. The van der Waals surface area contributed by atoms with Crippen molar-refractivity contribution in [1.29, 1.82) is 0 Å². The van der Waals surface area contributed by atoms with E-state index in [2.05, 4.69) is 20.3 Å². The van der Waals surface area contributed by atoms with Crippen LogP contribution in [-0.4, -0.2) is 15.0 Å². The Morgan fingerprint density at radius 3 is 2.62 bits per heavy atom. The molecule has 104 valence electrons. The summed E-state index contributed by atoms with van der Waals surface area (Å²) in [7, 11) is 0. The lowest BCUT2D eigenvalue weighted by atomic mass is 10.2. The van der Waals surface area contributed by atoms with Crippen molar-refractivity contribution in [2.24, 2.45) is 0 Å². The van der Waals surface area contributed by atoms with Gasteiger partial charge in [0, 0.05) is 28.7 Å². The molecule has 0 unspecified atom stereocenters. The third-order valence-electron chi connectivity index (χ3n) is 2.80. The Labute approximate surface area is 126 Å². The van der Waals surface area contributed by atoms with Crippen molar-refractivity contribution < 1.29 is 0 Å². The Bertz CT molecular complexity index is 758. The number of nitrogens with two attached hydrogens (primary N) is 1. The highest BCUT2D eigenvalue weighted by Gasteiger charge is 2.02. The molecule has 0 fully saturated rings. The SMILES string of the molecule is Nc1cncc(-c2cnc(Nc3cccc(Cl)c3)cn2)c1. The van der Waals surface area contributed by atoms with Crippen molar-refractivity contribution in [3.05, 3.63) is 60.1 Å². The van der Waals surface area contributed by atoms with Crippen molar-refractivity contribution in [2.75, 3.05) is 11.1 Å². The molecule has 3 rings (SSSR count). The van der Waals surface area contributed by atoms with Gasteiger partial charge in [0.25, 0.3) is 0 Å². The van der Waals surface area contributed by atoms with E-state index in [1.807, 2.05) is 24.3 Å². The maximum Gasteiger partial charge on any atom is 0.148 e. The van der Waals surface area contributed by atoms with Gasteiger partial charge in [0.05, 0.1) is 23.8 Å². The summed E-state index contributed by atoms with van der Waals surface area (Å²) in [5.41, 5.74) is 8.70. The van der Waals surface area contributed by atoms with Crippen LogP contribution >= 0.6 is 11.6 Å². The van der Waals surface area contributed by atoms with Gasteiger partial charge < -0.3 is 11.1 Å². The van der Waals surface area contributed by atoms with E-state index in [0.29, 0.717) is 22.2 Å². The van der Waals surface area contributed by atoms with Crippen molar-refractivity contribution in [1.82, 2.24) is 15.0 Å². The molecule has 0 saturated carbocycles. The van der Waals surface area contributed by atoms with E-state index in [0.717, 1.165) is 11.3 Å². The molecule has 0 aliphatic rings. The van der Waals surface area contributed by atoms with E-state index in [9.17, 15) is 0 Å². The van der Waals surface area contributed by atoms with Crippen LogP contribution in [0.1, 0.15) is 0 Å². The monoisotopic (exact) mass is 297 g/mol. The molecule has 3 aromatic rings. The van der Waals surface area contributed by atoms with Gasteiger partial charge in [0.2, 0.25) is 0 Å². The molecule has 1 aromatic carbocycles. The van der Waals surface area contributed by atoms with Crippen LogP contribution in [0.15, 0.2) is 55.1 Å². The summed E-state index contributed by atoms with van der Waals surface area (Å²) < 4.78 is 0. The molecule has 21 heavy (non-hydrogen) atoms. The van der Waals surface area contributed by atoms with Gasteiger partial charge in [-0.3, -0.25) is 9.97 Å². The van der Waals surface area contributed by atoms with Gasteiger partial charge in [-0.25, -0.2) is 4.98 Å². The van der Waals surface area contributed by atoms with Crippen LogP contribution in [0, 0.1) is 0 Å². The molecule has 0 aliphatic carbocycles. The Morgan fingerprint density at radius 2 is 1.90 bits per heavy atom. The second-order valence-corrected chi connectivity index (χ2v) is 4.87. The summed E-state index contributed by atoms with van der Waals surface area (Å²) in [6.45, 7) is 0. The fourth-order valence-electron chi connectivity index (χ4n) is 1.85. The number of benzene rings is 1. The normalized spacial score (nSPS) is 10.3. The minimum absolute atomic E-state index is 0.593. The molecule has 0 radical (unpaired) electrons. The summed E-state index contributed by atoms with van der Waals surface area (Å²) in [5, 5.41) is 3.80. The molecule has 0 spiro atoms. The Hall–Kier alpha value is -2.66. The van der Waals surface area contributed by atoms with Crippen LogP contribution in [0.3, 0.4) is 0 Å². The molecule has 3 N–H and O–H groups in total. The predicted molar refractivity (Wildman–Crippen MR) is 84.4 cm³/mol. The minimum atomic E-state index is 0.593. The number of nitrogen functional groups attached to an aromatic ring is 1. The number of nitrogens with zero attached hydrogens (tertiary/aromatic N) is 3. The van der Waals surface area contributed by atoms with Crippen molar-refractivity contribution in [3.8, 4) is 11.3 Å². The van der Waals surface area contributed by atoms with Crippen LogP contribution in [0.2, 0.25) is 5.02 Å². The lowest BCUT2D eigenvalue weighted by molar-refractivity contribution is 1.19. The van der Waals surface area contributed by atoms with Crippen molar-refractivity contribution in [2.45, 2.75) is 0 Å². The number of rotatable bonds is 3. The molecule has 2 heterocycles. The smallest absolute Gasteiger partial charge is 0.148 e. The van der Waals surface area contributed by atoms with Crippen LogP contribution in [0.25, 0.3) is 11.3 Å². The molecule has 5 nitrogen and oxygen atoms in total. The van der Waals surface area contributed by atoms with Gasteiger partial charge in [-0.15, -0.1) is 0 Å². The quantitative estimate of drug-likeness (QED) is 0.773. The summed E-state index contributed by atoms with van der Waals surface area (Å²) in [4.78, 5) is 12.7. The number of anilines is 3. The molecule has 0 atom stereocenters. The zero-order chi connectivity index (χ0) is 14.7. The van der Waals surface area contributed by atoms with E-state index < -0.39 is 0 Å². The number of hydrogen-bond acceptors (Lipinski definition) is 5. The fraction of sp³-hybridized carbons (Fsp3) is 0.